The van der Waals surface area contributed by atoms with Gasteiger partial charge in [-0.05, 0) is 17.7 Å². The Kier molecular flexibility index (Phi) is 9.37. The Morgan fingerprint density at radius 3 is 2.20 bits per heavy atom. The molecule has 0 amide bonds. The van der Waals surface area contributed by atoms with Gasteiger partial charge in [0.05, 0.1) is 0 Å². The van der Waals surface area contributed by atoms with Crippen molar-refractivity contribution in [1.29, 1.82) is 0 Å². The minimum atomic E-state index is -2.12. The maximum absolute atomic E-state index is 9.00. The third kappa shape index (κ3) is 8.82. The van der Waals surface area contributed by atoms with Gasteiger partial charge in [0, 0.05) is 31.8 Å². The maximum Gasteiger partial charge on any atom is 0.0346 e. The largest absolute Gasteiger partial charge is 0.305 e. The zero-order valence-electron chi connectivity index (χ0n) is 29.5. The van der Waals surface area contributed by atoms with Crippen molar-refractivity contribution < 1.29 is 27.0 Å². The van der Waals surface area contributed by atoms with E-state index in [2.05, 4.69) is 46.5 Å². The molecule has 3 aromatic carbocycles. The van der Waals surface area contributed by atoms with Crippen molar-refractivity contribution in [2.24, 2.45) is 0 Å². The first-order chi connectivity index (χ1) is 21.0. The molecule has 0 bridgehead atoms. The first-order valence-electron chi connectivity index (χ1n) is 16.0. The molecule has 0 aliphatic rings. The molecule has 213 valence electrons. The standard InChI is InChI=1S/C22H24GeN.C15H16N.Ir/c1-17(18-10-6-5-7-11-18)20-12-8-9-13-21(20)22-15-14-19(16-24-22)23(2,3)4;1-11(2)14-8-9-16-15(10-14)13-6-4-12(3)5-7-13;/h5-12,14-17H,1-4H3;4-6,8-11H,1-3H3;/q2*-1;/i17D;3D3,11D;. The summed E-state index contributed by atoms with van der Waals surface area (Å²) in [7, 11) is 0. The minimum Gasteiger partial charge on any atom is -0.305 e. The van der Waals surface area contributed by atoms with Gasteiger partial charge in [0.15, 0.2) is 0 Å². The molecular formula is C37H40GeIrN2-2. The zero-order valence-corrected chi connectivity index (χ0v) is 29.0. The summed E-state index contributed by atoms with van der Waals surface area (Å²) < 4.78 is 40.4. The predicted octanol–water partition coefficient (Wildman–Crippen LogP) is 9.22. The quantitative estimate of drug-likeness (QED) is 0.127. The molecule has 1 atom stereocenters. The third-order valence-electron chi connectivity index (χ3n) is 6.78. The van der Waals surface area contributed by atoms with Crippen LogP contribution in [0.2, 0.25) is 17.3 Å². The summed E-state index contributed by atoms with van der Waals surface area (Å²) in [5.74, 6) is 5.56. The van der Waals surface area contributed by atoms with Gasteiger partial charge in [-0.1, -0.05) is 32.3 Å². The number of nitrogens with zero attached hydrogens (tertiary/aromatic N) is 2. The van der Waals surface area contributed by atoms with E-state index >= 15 is 0 Å². The zero-order chi connectivity index (χ0) is 33.0. The molecule has 41 heavy (non-hydrogen) atoms. The van der Waals surface area contributed by atoms with Crippen molar-refractivity contribution in [2.75, 3.05) is 0 Å². The molecule has 0 saturated heterocycles. The van der Waals surface area contributed by atoms with Gasteiger partial charge in [-0.15, -0.1) is 35.4 Å². The number of pyridine rings is 2. The van der Waals surface area contributed by atoms with E-state index in [0.29, 0.717) is 5.69 Å². The maximum atomic E-state index is 9.00. The summed E-state index contributed by atoms with van der Waals surface area (Å²) in [5.41, 5.74) is 6.24. The van der Waals surface area contributed by atoms with E-state index in [1.54, 1.807) is 18.3 Å². The van der Waals surface area contributed by atoms with Crippen molar-refractivity contribution >= 4 is 17.7 Å². The van der Waals surface area contributed by atoms with Crippen molar-refractivity contribution in [1.82, 2.24) is 9.97 Å². The van der Waals surface area contributed by atoms with Crippen LogP contribution in [0.5, 0.6) is 0 Å². The summed E-state index contributed by atoms with van der Waals surface area (Å²) in [4.78, 5) is 8.98. The van der Waals surface area contributed by atoms with Crippen LogP contribution < -0.4 is 4.40 Å². The first-order valence-corrected chi connectivity index (χ1v) is 20.8. The van der Waals surface area contributed by atoms with E-state index in [1.165, 1.54) is 10.5 Å². The van der Waals surface area contributed by atoms with Gasteiger partial charge in [-0.3, -0.25) is 0 Å². The second-order valence-electron chi connectivity index (χ2n) is 11.1. The monoisotopic (exact) mass is 784 g/mol. The van der Waals surface area contributed by atoms with Gasteiger partial charge in [-0.2, -0.15) is 0 Å². The summed E-state index contributed by atoms with van der Waals surface area (Å²) >= 11 is -1.87. The van der Waals surface area contributed by atoms with E-state index in [9.17, 15) is 0 Å². The molecule has 1 radical (unpaired) electrons. The summed E-state index contributed by atoms with van der Waals surface area (Å²) in [6.45, 7) is 3.45. The second-order valence-corrected chi connectivity index (χ2v) is 21.7. The molecule has 5 rings (SSSR count). The SMILES string of the molecule is [2H]C(C)(c1ccccc1)c1ccc[c-]c1-c1cc[c]([Ge]([CH3])([CH3])[CH3])cn1.[2H]C([2H])([2H])c1c[c-]c(-c2cc(C([2H])(C)C)ccn2)cc1.[Ir]. The van der Waals surface area contributed by atoms with Gasteiger partial charge < -0.3 is 4.98 Å². The molecule has 0 aliphatic carbocycles. The van der Waals surface area contributed by atoms with Crippen molar-refractivity contribution in [2.45, 2.75) is 56.7 Å². The van der Waals surface area contributed by atoms with Gasteiger partial charge in [-0.25, -0.2) is 0 Å². The number of hydrogen-bond acceptors (Lipinski definition) is 2. The van der Waals surface area contributed by atoms with E-state index in [0.717, 1.165) is 33.5 Å². The van der Waals surface area contributed by atoms with Crippen molar-refractivity contribution in [3.8, 4) is 22.5 Å². The van der Waals surface area contributed by atoms with Crippen LogP contribution in [-0.4, -0.2) is 23.2 Å². The van der Waals surface area contributed by atoms with Crippen LogP contribution in [0.25, 0.3) is 22.5 Å². The molecule has 0 spiro atoms. The molecule has 2 heterocycles. The Morgan fingerprint density at radius 2 is 1.59 bits per heavy atom. The van der Waals surface area contributed by atoms with Crippen LogP contribution in [0.1, 0.15) is 61.7 Å². The van der Waals surface area contributed by atoms with E-state index in [1.807, 2.05) is 87.6 Å². The van der Waals surface area contributed by atoms with Crippen molar-refractivity contribution in [3.05, 3.63) is 138 Å². The Hall–Kier alpha value is -2.85. The van der Waals surface area contributed by atoms with E-state index < -0.39 is 31.9 Å². The van der Waals surface area contributed by atoms with Gasteiger partial charge >= 0.3 is 149 Å². The third-order valence-corrected chi connectivity index (χ3v) is 11.0. The summed E-state index contributed by atoms with van der Waals surface area (Å²) in [6, 6.07) is 34.8. The smallest absolute Gasteiger partial charge is 0.0346 e. The van der Waals surface area contributed by atoms with Crippen LogP contribution in [0.3, 0.4) is 0 Å². The number of hydrogen-bond donors (Lipinski definition) is 0. The average Bonchev–Trinajstić information content (AvgIpc) is 3.01. The average molecular weight is 783 g/mol. The fourth-order valence-corrected chi connectivity index (χ4v) is 6.44. The number of benzene rings is 3. The first kappa shape index (κ1) is 25.8. The van der Waals surface area contributed by atoms with Crippen LogP contribution in [-0.2, 0) is 20.1 Å². The minimum absolute atomic E-state index is 0. The molecule has 5 aromatic rings. The number of aryl methyl sites for hydroxylation is 1. The fourth-order valence-electron chi connectivity index (χ4n) is 4.26. The number of aromatic nitrogens is 2. The Bertz CT molecular complexity index is 1710. The van der Waals surface area contributed by atoms with Gasteiger partial charge in [0.2, 0.25) is 0 Å². The Balaban J connectivity index is 0.000000251. The Morgan fingerprint density at radius 1 is 0.805 bits per heavy atom. The molecule has 4 heteroatoms. The van der Waals surface area contributed by atoms with Gasteiger partial charge in [0.25, 0.3) is 0 Å². The summed E-state index contributed by atoms with van der Waals surface area (Å²) in [6.07, 6.45) is 3.68. The summed E-state index contributed by atoms with van der Waals surface area (Å²) in [5, 5.41) is 0. The molecule has 2 nitrogen and oxygen atoms in total. The van der Waals surface area contributed by atoms with Crippen LogP contribution in [0.15, 0.2) is 103 Å². The molecule has 2 aromatic heterocycles. The molecule has 0 saturated carbocycles. The molecular weight excluding hydrogens is 737 g/mol. The molecule has 0 fully saturated rings. The van der Waals surface area contributed by atoms with E-state index in [-0.39, 0.29) is 25.7 Å². The Labute approximate surface area is 270 Å². The fraction of sp³-hybridized carbons (Fsp3) is 0.243. The second kappa shape index (κ2) is 14.9. The number of rotatable bonds is 6. The van der Waals surface area contributed by atoms with Crippen LogP contribution in [0, 0.1) is 19.0 Å². The predicted molar refractivity (Wildman–Crippen MR) is 173 cm³/mol. The van der Waals surface area contributed by atoms with E-state index in [4.69, 9.17) is 11.8 Å². The van der Waals surface area contributed by atoms with Gasteiger partial charge in [0.1, 0.15) is 0 Å². The topological polar surface area (TPSA) is 25.8 Å². The van der Waals surface area contributed by atoms with Crippen LogP contribution in [0.4, 0.5) is 0 Å². The van der Waals surface area contributed by atoms with Crippen molar-refractivity contribution in [3.63, 3.8) is 0 Å². The molecule has 0 N–H and O–H groups in total. The molecule has 0 aliphatic heterocycles. The molecule has 1 unspecified atom stereocenters. The normalized spacial score (nSPS) is 14.8. The van der Waals surface area contributed by atoms with Crippen LogP contribution >= 0.6 is 0 Å².